The van der Waals surface area contributed by atoms with Crippen molar-refractivity contribution in [1.29, 1.82) is 0 Å². The van der Waals surface area contributed by atoms with E-state index >= 15 is 0 Å². The SMILES string of the molecule is CSc1[s+]sc2c1-c1cc(O)ccc1NC2(C)C. The molecule has 5 heteroatoms. The molecule has 0 aliphatic carbocycles. The Balaban J connectivity index is 2.33. The Morgan fingerprint density at radius 3 is 2.89 bits per heavy atom. The van der Waals surface area contributed by atoms with Crippen LogP contribution in [0.1, 0.15) is 18.7 Å². The van der Waals surface area contributed by atoms with Gasteiger partial charge in [-0.1, -0.05) is 11.8 Å². The quantitative estimate of drug-likeness (QED) is 0.341. The summed E-state index contributed by atoms with van der Waals surface area (Å²) in [6.07, 6.45) is 2.11. The highest BCUT2D eigenvalue weighted by Gasteiger charge is 2.39. The molecule has 0 atom stereocenters. The van der Waals surface area contributed by atoms with Gasteiger partial charge in [-0.3, -0.25) is 0 Å². The fraction of sp³-hybridized carbons (Fsp3) is 0.308. The van der Waals surface area contributed by atoms with Crippen LogP contribution in [0.5, 0.6) is 5.75 Å². The number of benzene rings is 1. The van der Waals surface area contributed by atoms with E-state index in [0.29, 0.717) is 5.75 Å². The molecule has 94 valence electrons. The molecule has 0 fully saturated rings. The second kappa shape index (κ2) is 4.11. The first-order valence-corrected chi connectivity index (χ1v) is 9.02. The monoisotopic (exact) mass is 296 g/mol. The fourth-order valence-corrected chi connectivity index (χ4v) is 6.63. The predicted octanol–water partition coefficient (Wildman–Crippen LogP) is 4.85. The average Bonchev–Trinajstić information content (AvgIpc) is 2.75. The molecule has 2 N–H and O–H groups in total. The highest BCUT2D eigenvalue weighted by molar-refractivity contribution is 8.02. The van der Waals surface area contributed by atoms with Gasteiger partial charge < -0.3 is 10.4 Å². The van der Waals surface area contributed by atoms with Gasteiger partial charge in [0.05, 0.1) is 11.1 Å². The Labute approximate surface area is 118 Å². The highest BCUT2D eigenvalue weighted by Crippen LogP contribution is 2.53. The fourth-order valence-electron chi connectivity index (χ4n) is 2.28. The second-order valence-corrected chi connectivity index (χ2v) is 8.07. The standard InChI is InChI=1S/C13H13NOS3/c1-13(2)11-10(12(16-3)18-17-11)8-6-7(15)4-5-9(8)14-13/h4-6,14H,1-3H3/p+1. The van der Waals surface area contributed by atoms with Crippen LogP contribution < -0.4 is 5.32 Å². The van der Waals surface area contributed by atoms with Crippen LogP contribution in [0.2, 0.25) is 0 Å². The van der Waals surface area contributed by atoms with Gasteiger partial charge in [-0.05, 0) is 38.3 Å². The number of thioether (sulfide) groups is 1. The van der Waals surface area contributed by atoms with Crippen LogP contribution in [0.4, 0.5) is 5.69 Å². The van der Waals surface area contributed by atoms with Crippen molar-refractivity contribution in [3.63, 3.8) is 0 Å². The molecule has 1 aliphatic heterocycles. The molecule has 0 spiro atoms. The molecule has 3 rings (SSSR count). The van der Waals surface area contributed by atoms with Crippen molar-refractivity contribution in [3.8, 4) is 16.9 Å². The van der Waals surface area contributed by atoms with Crippen molar-refractivity contribution in [3.05, 3.63) is 23.1 Å². The maximum absolute atomic E-state index is 9.72. The molecule has 0 saturated carbocycles. The minimum Gasteiger partial charge on any atom is -0.508 e. The molecule has 0 radical (unpaired) electrons. The van der Waals surface area contributed by atoms with E-state index in [-0.39, 0.29) is 5.54 Å². The van der Waals surface area contributed by atoms with Crippen molar-refractivity contribution in [2.75, 3.05) is 11.6 Å². The minimum absolute atomic E-state index is 0.0472. The third-order valence-electron chi connectivity index (χ3n) is 3.10. The lowest BCUT2D eigenvalue weighted by atomic mass is 9.90. The van der Waals surface area contributed by atoms with Gasteiger partial charge >= 0.3 is 10.3 Å². The number of rotatable bonds is 1. The number of anilines is 1. The minimum atomic E-state index is -0.0472. The molecular weight excluding hydrogens is 282 g/mol. The van der Waals surface area contributed by atoms with Gasteiger partial charge in [-0.15, -0.1) is 0 Å². The zero-order valence-electron chi connectivity index (χ0n) is 10.4. The van der Waals surface area contributed by atoms with Gasteiger partial charge in [0.25, 0.3) is 4.21 Å². The lowest BCUT2D eigenvalue weighted by molar-refractivity contribution is 0.475. The molecule has 0 amide bonds. The lowest BCUT2D eigenvalue weighted by Gasteiger charge is -2.32. The molecule has 1 aromatic heterocycles. The molecule has 1 aromatic carbocycles. The predicted molar refractivity (Wildman–Crippen MR) is 82.1 cm³/mol. The number of fused-ring (bicyclic) bond motifs is 3. The van der Waals surface area contributed by atoms with E-state index in [0.717, 1.165) is 11.3 Å². The summed E-state index contributed by atoms with van der Waals surface area (Å²) in [4.78, 5) is 1.36. The number of hydrogen-bond acceptors (Lipinski definition) is 4. The van der Waals surface area contributed by atoms with Gasteiger partial charge in [0.2, 0.25) is 0 Å². The molecule has 2 aromatic rings. The summed E-state index contributed by atoms with van der Waals surface area (Å²) in [6, 6.07) is 5.55. The first-order chi connectivity index (χ1) is 8.53. The van der Waals surface area contributed by atoms with Crippen LogP contribution in [-0.4, -0.2) is 11.4 Å². The number of hydrogen-bond donors (Lipinski definition) is 2. The maximum atomic E-state index is 9.72. The third kappa shape index (κ3) is 1.73. The Morgan fingerprint density at radius 2 is 2.17 bits per heavy atom. The van der Waals surface area contributed by atoms with Crippen molar-refractivity contribution >= 4 is 38.1 Å². The summed E-state index contributed by atoms with van der Waals surface area (Å²) in [6.45, 7) is 4.41. The van der Waals surface area contributed by atoms with E-state index in [1.165, 1.54) is 14.6 Å². The summed E-state index contributed by atoms with van der Waals surface area (Å²) in [5.41, 5.74) is 3.47. The molecule has 18 heavy (non-hydrogen) atoms. The van der Waals surface area contributed by atoms with E-state index in [4.69, 9.17) is 0 Å². The molecular formula is C13H14NOS3+. The Morgan fingerprint density at radius 1 is 1.39 bits per heavy atom. The van der Waals surface area contributed by atoms with Gasteiger partial charge in [-0.2, -0.15) is 0 Å². The van der Waals surface area contributed by atoms with Gasteiger partial charge in [0.1, 0.15) is 10.6 Å². The smallest absolute Gasteiger partial charge is 0.308 e. The normalized spacial score (nSPS) is 15.7. The van der Waals surface area contributed by atoms with Crippen molar-refractivity contribution < 1.29 is 5.11 Å². The number of phenolic OH excluding ortho intramolecular Hbond substituents is 1. The first-order valence-electron chi connectivity index (χ1n) is 5.65. The molecule has 0 bridgehead atoms. The van der Waals surface area contributed by atoms with E-state index in [1.807, 2.05) is 32.8 Å². The number of aromatic hydroxyl groups is 1. The first kappa shape index (κ1) is 12.3. The van der Waals surface area contributed by atoms with E-state index in [1.54, 1.807) is 17.8 Å². The van der Waals surface area contributed by atoms with Crippen LogP contribution in [0.25, 0.3) is 11.1 Å². The van der Waals surface area contributed by atoms with Gasteiger partial charge in [0, 0.05) is 11.3 Å². The summed E-state index contributed by atoms with van der Waals surface area (Å²) in [5.74, 6) is 0.324. The van der Waals surface area contributed by atoms with Crippen molar-refractivity contribution in [2.45, 2.75) is 23.6 Å². The molecule has 0 unspecified atom stereocenters. The topological polar surface area (TPSA) is 32.3 Å². The lowest BCUT2D eigenvalue weighted by Crippen LogP contribution is -2.30. The number of phenols is 1. The van der Waals surface area contributed by atoms with Crippen LogP contribution >= 0.6 is 32.4 Å². The van der Waals surface area contributed by atoms with Gasteiger partial charge in [-0.25, -0.2) is 0 Å². The summed E-state index contributed by atoms with van der Waals surface area (Å²) >= 11 is 1.78. The molecule has 2 nitrogen and oxygen atoms in total. The maximum Gasteiger partial charge on any atom is 0.308 e. The summed E-state index contributed by atoms with van der Waals surface area (Å²) in [5, 5.41) is 13.3. The highest BCUT2D eigenvalue weighted by atomic mass is 32.9. The third-order valence-corrected chi connectivity index (χ3v) is 7.32. The van der Waals surface area contributed by atoms with Crippen LogP contribution in [-0.2, 0) is 5.54 Å². The molecule has 0 saturated heterocycles. The summed E-state index contributed by atoms with van der Waals surface area (Å²) in [7, 11) is 3.65. The van der Waals surface area contributed by atoms with Crippen molar-refractivity contribution in [2.24, 2.45) is 0 Å². The van der Waals surface area contributed by atoms with Crippen LogP contribution in [0, 0.1) is 0 Å². The van der Waals surface area contributed by atoms with Crippen molar-refractivity contribution in [1.82, 2.24) is 0 Å². The average molecular weight is 296 g/mol. The molecule has 1 aliphatic rings. The van der Waals surface area contributed by atoms with Gasteiger partial charge in [0.15, 0.2) is 10.3 Å². The molecule has 2 heterocycles. The zero-order valence-corrected chi connectivity index (χ0v) is 12.9. The van der Waals surface area contributed by atoms with E-state index in [9.17, 15) is 5.11 Å². The second-order valence-electron chi connectivity index (χ2n) is 4.84. The summed E-state index contributed by atoms with van der Waals surface area (Å²) < 4.78 is 1.33. The van der Waals surface area contributed by atoms with E-state index < -0.39 is 0 Å². The largest absolute Gasteiger partial charge is 0.508 e. The Bertz CT molecular complexity index is 619. The Kier molecular flexibility index (Phi) is 2.80. The van der Waals surface area contributed by atoms with E-state index in [2.05, 4.69) is 25.4 Å². The zero-order chi connectivity index (χ0) is 12.9. The number of nitrogens with one attached hydrogen (secondary N) is 1. The van der Waals surface area contributed by atoms with Crippen LogP contribution in [0.15, 0.2) is 22.4 Å². The Hall–Kier alpha value is -0.780. The van der Waals surface area contributed by atoms with Crippen LogP contribution in [0.3, 0.4) is 0 Å².